The van der Waals surface area contributed by atoms with E-state index in [9.17, 15) is 17.6 Å². The predicted octanol–water partition coefficient (Wildman–Crippen LogP) is 2.80. The SMILES string of the molecule is Nc1ccc(COc2c(F)c(F)cc(F)c2F)cn1. The fourth-order valence-corrected chi connectivity index (χ4v) is 1.35. The Balaban J connectivity index is 2.22. The molecule has 1 aromatic carbocycles. The number of anilines is 1. The predicted molar refractivity (Wildman–Crippen MR) is 59.3 cm³/mol. The molecule has 0 radical (unpaired) electrons. The van der Waals surface area contributed by atoms with Crippen molar-refractivity contribution >= 4 is 5.82 Å². The Labute approximate surface area is 105 Å². The molecule has 2 N–H and O–H groups in total. The summed E-state index contributed by atoms with van der Waals surface area (Å²) in [4.78, 5) is 3.73. The van der Waals surface area contributed by atoms with Crippen LogP contribution < -0.4 is 10.5 Å². The van der Waals surface area contributed by atoms with Crippen molar-refractivity contribution in [1.29, 1.82) is 0 Å². The average molecular weight is 272 g/mol. The van der Waals surface area contributed by atoms with Crippen LogP contribution in [0.3, 0.4) is 0 Å². The van der Waals surface area contributed by atoms with E-state index in [2.05, 4.69) is 4.98 Å². The number of nitrogen functional groups attached to an aromatic ring is 1. The van der Waals surface area contributed by atoms with E-state index in [1.165, 1.54) is 18.3 Å². The highest BCUT2D eigenvalue weighted by Crippen LogP contribution is 2.27. The normalized spacial score (nSPS) is 10.5. The first kappa shape index (κ1) is 13.1. The van der Waals surface area contributed by atoms with Gasteiger partial charge >= 0.3 is 0 Å². The number of ether oxygens (including phenoxy) is 1. The van der Waals surface area contributed by atoms with Crippen LogP contribution in [-0.2, 0) is 6.61 Å². The summed E-state index contributed by atoms with van der Waals surface area (Å²) < 4.78 is 57.1. The fraction of sp³-hybridized carbons (Fsp3) is 0.0833. The molecule has 0 saturated carbocycles. The van der Waals surface area contributed by atoms with Gasteiger partial charge in [0.2, 0.25) is 11.6 Å². The zero-order chi connectivity index (χ0) is 14.0. The van der Waals surface area contributed by atoms with E-state index < -0.39 is 29.0 Å². The lowest BCUT2D eigenvalue weighted by Gasteiger charge is -2.09. The molecule has 2 rings (SSSR count). The second-order valence-corrected chi connectivity index (χ2v) is 3.68. The van der Waals surface area contributed by atoms with Crippen molar-refractivity contribution < 1.29 is 22.3 Å². The first-order chi connectivity index (χ1) is 8.99. The molecule has 0 aliphatic rings. The molecule has 0 spiro atoms. The van der Waals surface area contributed by atoms with Gasteiger partial charge in [-0.15, -0.1) is 0 Å². The van der Waals surface area contributed by atoms with E-state index in [1.807, 2.05) is 0 Å². The molecule has 1 aromatic heterocycles. The molecule has 0 aliphatic heterocycles. The van der Waals surface area contributed by atoms with E-state index in [0.29, 0.717) is 5.56 Å². The molecule has 19 heavy (non-hydrogen) atoms. The minimum Gasteiger partial charge on any atom is -0.483 e. The van der Waals surface area contributed by atoms with Crippen molar-refractivity contribution in [1.82, 2.24) is 4.98 Å². The van der Waals surface area contributed by atoms with Crippen molar-refractivity contribution in [2.24, 2.45) is 0 Å². The van der Waals surface area contributed by atoms with Gasteiger partial charge in [0.1, 0.15) is 12.4 Å². The fourth-order valence-electron chi connectivity index (χ4n) is 1.35. The van der Waals surface area contributed by atoms with Crippen molar-refractivity contribution in [3.63, 3.8) is 0 Å². The topological polar surface area (TPSA) is 48.1 Å². The van der Waals surface area contributed by atoms with Gasteiger partial charge in [-0.05, 0) is 6.07 Å². The Bertz CT molecular complexity index is 575. The Kier molecular flexibility index (Phi) is 3.55. The maximum atomic E-state index is 13.3. The van der Waals surface area contributed by atoms with Crippen LogP contribution in [0.15, 0.2) is 24.4 Å². The van der Waals surface area contributed by atoms with E-state index in [1.54, 1.807) is 0 Å². The van der Waals surface area contributed by atoms with Gasteiger partial charge in [-0.2, -0.15) is 8.78 Å². The van der Waals surface area contributed by atoms with E-state index >= 15 is 0 Å². The van der Waals surface area contributed by atoms with Crippen molar-refractivity contribution in [3.8, 4) is 5.75 Å². The molecule has 0 amide bonds. The summed E-state index contributed by atoms with van der Waals surface area (Å²) >= 11 is 0. The van der Waals surface area contributed by atoms with Crippen molar-refractivity contribution in [3.05, 3.63) is 53.2 Å². The Morgan fingerprint density at radius 1 is 1.05 bits per heavy atom. The quantitative estimate of drug-likeness (QED) is 0.690. The molecule has 7 heteroatoms. The maximum Gasteiger partial charge on any atom is 0.203 e. The third kappa shape index (κ3) is 2.75. The Morgan fingerprint density at radius 2 is 1.68 bits per heavy atom. The molecular weight excluding hydrogens is 264 g/mol. The van der Waals surface area contributed by atoms with Gasteiger partial charge in [0.15, 0.2) is 17.4 Å². The number of hydrogen-bond acceptors (Lipinski definition) is 3. The Morgan fingerprint density at radius 3 is 2.21 bits per heavy atom. The van der Waals surface area contributed by atoms with Crippen LogP contribution in [0.25, 0.3) is 0 Å². The van der Waals surface area contributed by atoms with Crippen LogP contribution >= 0.6 is 0 Å². The van der Waals surface area contributed by atoms with Gasteiger partial charge in [-0.3, -0.25) is 0 Å². The standard InChI is InChI=1S/C12H8F4N2O/c13-7-3-8(14)11(16)12(10(7)15)19-5-6-1-2-9(17)18-4-6/h1-4H,5H2,(H2,17,18). The first-order valence-electron chi connectivity index (χ1n) is 5.15. The highest BCUT2D eigenvalue weighted by Gasteiger charge is 2.20. The largest absolute Gasteiger partial charge is 0.483 e. The van der Waals surface area contributed by atoms with Gasteiger partial charge < -0.3 is 10.5 Å². The van der Waals surface area contributed by atoms with Gasteiger partial charge in [-0.25, -0.2) is 13.8 Å². The number of aromatic nitrogens is 1. The summed E-state index contributed by atoms with van der Waals surface area (Å²) in [6.07, 6.45) is 1.32. The van der Waals surface area contributed by atoms with Crippen LogP contribution in [0.1, 0.15) is 5.56 Å². The number of nitrogens with two attached hydrogens (primary N) is 1. The molecule has 0 bridgehead atoms. The number of rotatable bonds is 3. The lowest BCUT2D eigenvalue weighted by atomic mass is 10.2. The molecule has 0 aliphatic carbocycles. The number of halogens is 4. The summed E-state index contributed by atoms with van der Waals surface area (Å²) in [5.41, 5.74) is 5.79. The molecule has 0 unspecified atom stereocenters. The number of benzene rings is 1. The molecule has 3 nitrogen and oxygen atoms in total. The van der Waals surface area contributed by atoms with Crippen molar-refractivity contribution in [2.75, 3.05) is 5.73 Å². The van der Waals surface area contributed by atoms with Gasteiger partial charge in [0, 0.05) is 17.8 Å². The molecule has 1 heterocycles. The van der Waals surface area contributed by atoms with Crippen LogP contribution in [-0.4, -0.2) is 4.98 Å². The third-order valence-corrected chi connectivity index (χ3v) is 2.30. The Hall–Kier alpha value is -2.31. The summed E-state index contributed by atoms with van der Waals surface area (Å²) in [5.74, 6) is -7.05. The minimum absolute atomic E-state index is 0.113. The zero-order valence-electron chi connectivity index (χ0n) is 9.46. The number of hydrogen-bond donors (Lipinski definition) is 1. The number of pyridine rings is 1. The zero-order valence-corrected chi connectivity index (χ0v) is 9.46. The summed E-state index contributed by atoms with van der Waals surface area (Å²) in [5, 5.41) is 0. The third-order valence-electron chi connectivity index (χ3n) is 2.30. The van der Waals surface area contributed by atoms with Crippen LogP contribution in [0, 0.1) is 23.3 Å². The molecule has 0 atom stereocenters. The van der Waals surface area contributed by atoms with Crippen LogP contribution in [0.2, 0.25) is 0 Å². The smallest absolute Gasteiger partial charge is 0.203 e. The molecular formula is C12H8F4N2O. The van der Waals surface area contributed by atoms with Gasteiger partial charge in [0.25, 0.3) is 0 Å². The monoisotopic (exact) mass is 272 g/mol. The molecule has 0 fully saturated rings. The average Bonchev–Trinajstić information content (AvgIpc) is 2.38. The molecule has 100 valence electrons. The van der Waals surface area contributed by atoms with Gasteiger partial charge in [-0.1, -0.05) is 6.07 Å². The van der Waals surface area contributed by atoms with Crippen LogP contribution in [0.5, 0.6) is 5.75 Å². The van der Waals surface area contributed by atoms with E-state index in [-0.39, 0.29) is 18.5 Å². The summed E-state index contributed by atoms with van der Waals surface area (Å²) in [6.45, 7) is -0.302. The summed E-state index contributed by atoms with van der Waals surface area (Å²) in [7, 11) is 0. The molecule has 2 aromatic rings. The van der Waals surface area contributed by atoms with Crippen molar-refractivity contribution in [2.45, 2.75) is 6.61 Å². The highest BCUT2D eigenvalue weighted by atomic mass is 19.2. The lowest BCUT2D eigenvalue weighted by molar-refractivity contribution is 0.261. The lowest BCUT2D eigenvalue weighted by Crippen LogP contribution is -2.04. The van der Waals surface area contributed by atoms with Crippen LogP contribution in [0.4, 0.5) is 23.4 Å². The summed E-state index contributed by atoms with van der Waals surface area (Å²) in [6, 6.07) is 3.08. The molecule has 0 saturated heterocycles. The second-order valence-electron chi connectivity index (χ2n) is 3.68. The van der Waals surface area contributed by atoms with Gasteiger partial charge in [0.05, 0.1) is 0 Å². The second kappa shape index (κ2) is 5.13. The first-order valence-corrected chi connectivity index (χ1v) is 5.15. The van der Waals surface area contributed by atoms with E-state index in [0.717, 1.165) is 0 Å². The number of nitrogens with zero attached hydrogens (tertiary/aromatic N) is 1. The highest BCUT2D eigenvalue weighted by molar-refractivity contribution is 5.31. The minimum atomic E-state index is -1.58. The maximum absolute atomic E-state index is 13.3. The van der Waals surface area contributed by atoms with E-state index in [4.69, 9.17) is 10.5 Å².